The molecule has 0 radical (unpaired) electrons. The van der Waals surface area contributed by atoms with E-state index in [0.29, 0.717) is 5.02 Å². The molecule has 0 aromatic heterocycles. The van der Waals surface area contributed by atoms with Crippen molar-refractivity contribution < 1.29 is 13.9 Å². The van der Waals surface area contributed by atoms with Gasteiger partial charge in [0.05, 0.1) is 0 Å². The van der Waals surface area contributed by atoms with Crippen molar-refractivity contribution in [2.75, 3.05) is 0 Å². The zero-order valence-corrected chi connectivity index (χ0v) is 7.86. The highest BCUT2D eigenvalue weighted by molar-refractivity contribution is 6.35. The summed E-state index contributed by atoms with van der Waals surface area (Å²) in [6.45, 7) is 0. The van der Waals surface area contributed by atoms with E-state index in [2.05, 4.69) is 0 Å². The Kier molecular flexibility index (Phi) is 3.47. The SMILES string of the molecule is OC(c1ccc(Cl)cc1Cl)C(F)F. The van der Waals surface area contributed by atoms with E-state index >= 15 is 0 Å². The first-order chi connectivity index (χ1) is 6.02. The minimum Gasteiger partial charge on any atom is -0.382 e. The highest BCUT2D eigenvalue weighted by Crippen LogP contribution is 2.29. The fourth-order valence-electron chi connectivity index (χ4n) is 0.877. The number of hydrogen-bond donors (Lipinski definition) is 1. The number of hydrogen-bond acceptors (Lipinski definition) is 1. The maximum atomic E-state index is 12.1. The highest BCUT2D eigenvalue weighted by Gasteiger charge is 2.21. The first-order valence-corrected chi connectivity index (χ1v) is 4.19. The van der Waals surface area contributed by atoms with Gasteiger partial charge in [0.1, 0.15) is 6.10 Å². The summed E-state index contributed by atoms with van der Waals surface area (Å²) in [4.78, 5) is 0. The van der Waals surface area contributed by atoms with Gasteiger partial charge in [0.2, 0.25) is 0 Å². The maximum Gasteiger partial charge on any atom is 0.268 e. The Bertz CT molecular complexity index is 304. The number of halogens is 4. The van der Waals surface area contributed by atoms with Crippen molar-refractivity contribution >= 4 is 23.2 Å². The van der Waals surface area contributed by atoms with Crippen molar-refractivity contribution in [2.45, 2.75) is 12.5 Å². The van der Waals surface area contributed by atoms with E-state index in [9.17, 15) is 8.78 Å². The van der Waals surface area contributed by atoms with Gasteiger partial charge in [-0.25, -0.2) is 8.78 Å². The zero-order valence-electron chi connectivity index (χ0n) is 6.35. The van der Waals surface area contributed by atoms with Crippen LogP contribution in [0.5, 0.6) is 0 Å². The van der Waals surface area contributed by atoms with Crippen LogP contribution in [-0.2, 0) is 0 Å². The second-order valence-electron chi connectivity index (χ2n) is 2.45. The summed E-state index contributed by atoms with van der Waals surface area (Å²) in [6.07, 6.45) is -4.71. The lowest BCUT2D eigenvalue weighted by Crippen LogP contribution is -2.08. The molecule has 1 unspecified atom stereocenters. The Morgan fingerprint density at radius 2 is 1.85 bits per heavy atom. The number of rotatable bonds is 2. The summed E-state index contributed by atoms with van der Waals surface area (Å²) in [5.74, 6) is 0. The Hall–Kier alpha value is -0.380. The van der Waals surface area contributed by atoms with E-state index in [-0.39, 0.29) is 10.6 Å². The Labute approximate surface area is 83.9 Å². The molecule has 1 nitrogen and oxygen atoms in total. The molecule has 0 bridgehead atoms. The Morgan fingerprint density at radius 3 is 2.31 bits per heavy atom. The molecule has 0 saturated carbocycles. The van der Waals surface area contributed by atoms with Crippen LogP contribution in [0.2, 0.25) is 10.0 Å². The molecule has 1 aromatic carbocycles. The fourth-order valence-corrected chi connectivity index (χ4v) is 1.40. The van der Waals surface area contributed by atoms with E-state index < -0.39 is 12.5 Å². The van der Waals surface area contributed by atoms with Crippen LogP contribution in [0.3, 0.4) is 0 Å². The largest absolute Gasteiger partial charge is 0.382 e. The van der Waals surface area contributed by atoms with Crippen molar-refractivity contribution in [1.82, 2.24) is 0 Å². The van der Waals surface area contributed by atoms with Crippen LogP contribution < -0.4 is 0 Å². The molecule has 1 aromatic rings. The molecule has 0 spiro atoms. The van der Waals surface area contributed by atoms with Gasteiger partial charge in [-0.3, -0.25) is 0 Å². The van der Waals surface area contributed by atoms with E-state index in [1.807, 2.05) is 0 Å². The first-order valence-electron chi connectivity index (χ1n) is 3.43. The Balaban J connectivity index is 3.01. The molecular weight excluding hydrogens is 221 g/mol. The smallest absolute Gasteiger partial charge is 0.268 e. The molecule has 0 fully saturated rings. The molecule has 13 heavy (non-hydrogen) atoms. The van der Waals surface area contributed by atoms with Gasteiger partial charge in [-0.1, -0.05) is 29.3 Å². The van der Waals surface area contributed by atoms with Gasteiger partial charge in [0.15, 0.2) is 0 Å². The third kappa shape index (κ3) is 2.53. The van der Waals surface area contributed by atoms with Gasteiger partial charge < -0.3 is 5.11 Å². The summed E-state index contributed by atoms with van der Waals surface area (Å²) >= 11 is 11.1. The number of aliphatic hydroxyl groups excluding tert-OH is 1. The standard InChI is InChI=1S/C8H6Cl2F2O/c9-4-1-2-5(6(10)3-4)7(13)8(11)12/h1-3,7-8,13H. The van der Waals surface area contributed by atoms with Crippen molar-refractivity contribution in [3.63, 3.8) is 0 Å². The van der Waals surface area contributed by atoms with Crippen molar-refractivity contribution in [3.8, 4) is 0 Å². The molecule has 72 valence electrons. The molecule has 1 N–H and O–H groups in total. The molecule has 0 aliphatic heterocycles. The second kappa shape index (κ2) is 4.22. The minimum atomic E-state index is -2.85. The average Bonchev–Trinajstić information content (AvgIpc) is 2.03. The van der Waals surface area contributed by atoms with Crippen LogP contribution in [0.15, 0.2) is 18.2 Å². The van der Waals surface area contributed by atoms with Gasteiger partial charge in [-0.05, 0) is 12.1 Å². The van der Waals surface area contributed by atoms with Crippen LogP contribution in [-0.4, -0.2) is 11.5 Å². The van der Waals surface area contributed by atoms with Gasteiger partial charge >= 0.3 is 0 Å². The van der Waals surface area contributed by atoms with Crippen molar-refractivity contribution in [3.05, 3.63) is 33.8 Å². The van der Waals surface area contributed by atoms with Crippen LogP contribution in [0.4, 0.5) is 8.78 Å². The quantitative estimate of drug-likeness (QED) is 0.821. The normalized spacial score (nSPS) is 13.4. The molecule has 0 aliphatic carbocycles. The van der Waals surface area contributed by atoms with Crippen molar-refractivity contribution in [1.29, 1.82) is 0 Å². The van der Waals surface area contributed by atoms with E-state index in [1.165, 1.54) is 18.2 Å². The molecule has 0 aliphatic rings. The van der Waals surface area contributed by atoms with E-state index in [1.54, 1.807) is 0 Å². The number of benzene rings is 1. The molecule has 0 saturated heterocycles. The zero-order chi connectivity index (χ0) is 10.0. The van der Waals surface area contributed by atoms with Gasteiger partial charge in [0, 0.05) is 15.6 Å². The monoisotopic (exact) mass is 226 g/mol. The molecule has 0 heterocycles. The van der Waals surface area contributed by atoms with E-state index in [0.717, 1.165) is 0 Å². The maximum absolute atomic E-state index is 12.1. The summed E-state index contributed by atoms with van der Waals surface area (Å²) in [7, 11) is 0. The summed E-state index contributed by atoms with van der Waals surface area (Å²) in [5.41, 5.74) is -0.0129. The van der Waals surface area contributed by atoms with Gasteiger partial charge in [-0.15, -0.1) is 0 Å². The average molecular weight is 227 g/mol. The van der Waals surface area contributed by atoms with Crippen LogP contribution in [0.1, 0.15) is 11.7 Å². The minimum absolute atomic E-state index is 0.0129. The number of alkyl halides is 2. The Morgan fingerprint density at radius 1 is 1.23 bits per heavy atom. The lowest BCUT2D eigenvalue weighted by molar-refractivity contribution is -0.00572. The predicted octanol–water partition coefficient (Wildman–Crippen LogP) is 3.29. The third-order valence-corrected chi connectivity index (χ3v) is 2.08. The van der Waals surface area contributed by atoms with E-state index in [4.69, 9.17) is 28.3 Å². The summed E-state index contributed by atoms with van der Waals surface area (Å²) in [5, 5.41) is 9.38. The second-order valence-corrected chi connectivity index (χ2v) is 3.29. The highest BCUT2D eigenvalue weighted by atomic mass is 35.5. The molecule has 0 amide bonds. The van der Waals surface area contributed by atoms with Crippen LogP contribution in [0, 0.1) is 0 Å². The lowest BCUT2D eigenvalue weighted by atomic mass is 10.1. The topological polar surface area (TPSA) is 20.2 Å². The summed E-state index contributed by atoms with van der Waals surface area (Å²) < 4.78 is 24.1. The van der Waals surface area contributed by atoms with Gasteiger partial charge in [0.25, 0.3) is 6.43 Å². The van der Waals surface area contributed by atoms with Crippen LogP contribution in [0.25, 0.3) is 0 Å². The van der Waals surface area contributed by atoms with Crippen LogP contribution >= 0.6 is 23.2 Å². The number of aliphatic hydroxyl groups is 1. The van der Waals surface area contributed by atoms with Crippen molar-refractivity contribution in [2.24, 2.45) is 0 Å². The predicted molar refractivity (Wildman–Crippen MR) is 47.4 cm³/mol. The third-order valence-electron chi connectivity index (χ3n) is 1.52. The molecule has 1 rings (SSSR count). The lowest BCUT2D eigenvalue weighted by Gasteiger charge is -2.11. The fraction of sp³-hybridized carbons (Fsp3) is 0.250. The van der Waals surface area contributed by atoms with Gasteiger partial charge in [-0.2, -0.15) is 0 Å². The summed E-state index contributed by atoms with van der Waals surface area (Å²) in [6, 6.07) is 3.99. The molecular formula is C8H6Cl2F2O. The molecule has 5 heteroatoms. The first kappa shape index (κ1) is 10.7. The molecule has 1 atom stereocenters.